The number of carbonyl (C=O) groups excluding carboxylic acids is 2. The average Bonchev–Trinajstić information content (AvgIpc) is 3.63. The molecule has 0 radical (unpaired) electrons. The SMILES string of the molecule is C[Si](C)(C)CCOCN(COCC[Si](C)(C)C)c1cc(C2CCC3(CC2)NC(=O)NC3=O)nc2c(C3C=NC(c4ccccc4)=CC3)cnn12. The van der Waals surface area contributed by atoms with Crippen molar-refractivity contribution in [1.82, 2.24) is 25.2 Å². The molecule has 6 rings (SSSR count). The van der Waals surface area contributed by atoms with Gasteiger partial charge in [-0.3, -0.25) is 15.1 Å². The van der Waals surface area contributed by atoms with Gasteiger partial charge in [-0.25, -0.2) is 9.78 Å². The maximum absolute atomic E-state index is 12.7. The number of hydrogen-bond donors (Lipinski definition) is 2. The van der Waals surface area contributed by atoms with E-state index in [4.69, 9.17) is 24.5 Å². The second kappa shape index (κ2) is 14.9. The van der Waals surface area contributed by atoms with Crippen molar-refractivity contribution in [2.24, 2.45) is 4.99 Å². The zero-order valence-corrected chi connectivity index (χ0v) is 32.5. The number of amides is 3. The van der Waals surface area contributed by atoms with Crippen LogP contribution >= 0.6 is 0 Å². The molecule has 2 aliphatic heterocycles. The summed E-state index contributed by atoms with van der Waals surface area (Å²) in [6, 6.07) is 14.1. The number of fused-ring (bicyclic) bond motifs is 1. The second-order valence-corrected chi connectivity index (χ2v) is 27.7. The molecule has 4 heterocycles. The third-order valence-corrected chi connectivity index (χ3v) is 13.4. The zero-order valence-electron chi connectivity index (χ0n) is 30.5. The summed E-state index contributed by atoms with van der Waals surface area (Å²) in [6.45, 7) is 16.3. The van der Waals surface area contributed by atoms with Crippen LogP contribution in [0, 0.1) is 0 Å². The quantitative estimate of drug-likeness (QED) is 0.0798. The first-order valence-electron chi connectivity index (χ1n) is 18.0. The highest BCUT2D eigenvalue weighted by molar-refractivity contribution is 6.76. The number of imide groups is 1. The molecule has 1 atom stereocenters. The fraction of sp³-hybridized carbons (Fsp3) is 0.541. The Kier molecular flexibility index (Phi) is 10.8. The lowest BCUT2D eigenvalue weighted by Crippen LogP contribution is -2.49. The minimum absolute atomic E-state index is 0.0250. The predicted molar refractivity (Wildman–Crippen MR) is 204 cm³/mol. The minimum atomic E-state index is -1.27. The van der Waals surface area contributed by atoms with E-state index >= 15 is 0 Å². The Morgan fingerprint density at radius 3 is 2.18 bits per heavy atom. The van der Waals surface area contributed by atoms with Crippen LogP contribution < -0.4 is 15.5 Å². The lowest BCUT2D eigenvalue weighted by atomic mass is 9.75. The maximum atomic E-state index is 12.7. The number of nitrogens with one attached hydrogen (secondary N) is 2. The number of urea groups is 1. The van der Waals surface area contributed by atoms with Gasteiger partial charge in [-0.1, -0.05) is 75.7 Å². The van der Waals surface area contributed by atoms with Crippen LogP contribution in [0.15, 0.2) is 53.7 Å². The fourth-order valence-electron chi connectivity index (χ4n) is 6.77. The van der Waals surface area contributed by atoms with Gasteiger partial charge in [-0.15, -0.1) is 0 Å². The van der Waals surface area contributed by atoms with Crippen molar-refractivity contribution in [3.05, 3.63) is 65.5 Å². The number of aliphatic imine (C=N–C) groups is 1. The first-order chi connectivity index (χ1) is 23.8. The molecule has 2 fully saturated rings. The molecule has 3 aliphatic rings. The number of aromatic nitrogens is 3. The summed E-state index contributed by atoms with van der Waals surface area (Å²) in [5.74, 6) is 0.791. The summed E-state index contributed by atoms with van der Waals surface area (Å²) in [6.07, 6.45) is 9.53. The summed E-state index contributed by atoms with van der Waals surface area (Å²) in [4.78, 5) is 37.0. The van der Waals surface area contributed by atoms with E-state index in [-0.39, 0.29) is 17.7 Å². The number of carbonyl (C=O) groups is 2. The molecule has 1 aromatic carbocycles. The van der Waals surface area contributed by atoms with Crippen LogP contribution in [0.3, 0.4) is 0 Å². The highest BCUT2D eigenvalue weighted by Gasteiger charge is 2.48. The van der Waals surface area contributed by atoms with Gasteiger partial charge in [0.15, 0.2) is 5.65 Å². The van der Waals surface area contributed by atoms with Gasteiger partial charge >= 0.3 is 6.03 Å². The molecule has 1 spiro atoms. The van der Waals surface area contributed by atoms with E-state index in [0.717, 1.165) is 65.3 Å². The summed E-state index contributed by atoms with van der Waals surface area (Å²) < 4.78 is 14.6. The number of ether oxygens (including phenoxy) is 2. The summed E-state index contributed by atoms with van der Waals surface area (Å²) in [7, 11) is -2.54. The molecule has 0 bridgehead atoms. The average molecular weight is 716 g/mol. The number of benzene rings is 1. The molecule has 3 amide bonds. The van der Waals surface area contributed by atoms with Gasteiger partial charge in [0.2, 0.25) is 0 Å². The largest absolute Gasteiger partial charge is 0.361 e. The molecule has 1 unspecified atom stereocenters. The van der Waals surface area contributed by atoms with Crippen molar-refractivity contribution in [2.45, 2.75) is 101 Å². The first-order valence-corrected chi connectivity index (χ1v) is 25.4. The molecule has 1 saturated carbocycles. The van der Waals surface area contributed by atoms with E-state index in [1.54, 1.807) is 0 Å². The van der Waals surface area contributed by atoms with Gasteiger partial charge in [0.05, 0.1) is 11.9 Å². The van der Waals surface area contributed by atoms with E-state index in [9.17, 15) is 9.59 Å². The van der Waals surface area contributed by atoms with Gasteiger partial charge in [0.1, 0.15) is 24.8 Å². The van der Waals surface area contributed by atoms with Crippen molar-refractivity contribution in [3.8, 4) is 0 Å². The third-order valence-electron chi connectivity index (χ3n) is 10.0. The molecule has 268 valence electrons. The van der Waals surface area contributed by atoms with Crippen LogP contribution in [-0.4, -0.2) is 81.1 Å². The van der Waals surface area contributed by atoms with Crippen LogP contribution in [0.25, 0.3) is 11.3 Å². The third kappa shape index (κ3) is 8.61. The summed E-state index contributed by atoms with van der Waals surface area (Å²) in [5.41, 5.74) is 4.02. The van der Waals surface area contributed by atoms with Gasteiger partial charge in [0, 0.05) is 64.7 Å². The van der Waals surface area contributed by atoms with Crippen LogP contribution in [0.1, 0.15) is 60.8 Å². The van der Waals surface area contributed by atoms with Crippen molar-refractivity contribution >= 4 is 51.5 Å². The Labute approximate surface area is 297 Å². The zero-order chi connectivity index (χ0) is 35.5. The van der Waals surface area contributed by atoms with Gasteiger partial charge in [-0.2, -0.15) is 9.61 Å². The molecule has 3 aromatic rings. The van der Waals surface area contributed by atoms with E-state index in [1.807, 2.05) is 35.1 Å². The van der Waals surface area contributed by atoms with Gasteiger partial charge in [-0.05, 0) is 49.8 Å². The molecule has 1 saturated heterocycles. The van der Waals surface area contributed by atoms with E-state index in [1.165, 1.54) is 0 Å². The number of hydrogen-bond acceptors (Lipinski definition) is 8. The Balaban J connectivity index is 1.32. The summed E-state index contributed by atoms with van der Waals surface area (Å²) >= 11 is 0. The Morgan fingerprint density at radius 2 is 1.62 bits per heavy atom. The molecule has 11 nitrogen and oxygen atoms in total. The van der Waals surface area contributed by atoms with E-state index in [0.29, 0.717) is 39.5 Å². The lowest BCUT2D eigenvalue weighted by Gasteiger charge is -2.34. The molecule has 1 aliphatic carbocycles. The van der Waals surface area contributed by atoms with Crippen LogP contribution in [0.4, 0.5) is 10.6 Å². The van der Waals surface area contributed by atoms with Gasteiger partial charge in [0.25, 0.3) is 5.91 Å². The van der Waals surface area contributed by atoms with Crippen LogP contribution in [0.5, 0.6) is 0 Å². The number of allylic oxidation sites excluding steroid dienone is 1. The number of rotatable bonds is 14. The Morgan fingerprint density at radius 1 is 0.960 bits per heavy atom. The minimum Gasteiger partial charge on any atom is -0.361 e. The van der Waals surface area contributed by atoms with Crippen molar-refractivity contribution in [1.29, 1.82) is 0 Å². The van der Waals surface area contributed by atoms with Crippen molar-refractivity contribution in [2.75, 3.05) is 31.6 Å². The molecule has 13 heteroatoms. The van der Waals surface area contributed by atoms with Gasteiger partial charge < -0.3 is 19.7 Å². The number of nitrogens with zero attached hydrogens (tertiary/aromatic N) is 5. The summed E-state index contributed by atoms with van der Waals surface area (Å²) in [5, 5.41) is 10.3. The van der Waals surface area contributed by atoms with Crippen LogP contribution in [-0.2, 0) is 14.3 Å². The fourth-order valence-corrected chi connectivity index (χ4v) is 8.28. The molecular formula is C37H53N7O4Si2. The predicted octanol–water partition coefficient (Wildman–Crippen LogP) is 7.00. The van der Waals surface area contributed by atoms with Crippen molar-refractivity contribution in [3.63, 3.8) is 0 Å². The normalized spacial score (nSPS) is 22.6. The molecule has 2 N–H and O–H groups in total. The lowest BCUT2D eigenvalue weighted by molar-refractivity contribution is -0.125. The maximum Gasteiger partial charge on any atom is 0.322 e. The topological polar surface area (TPSA) is 122 Å². The van der Waals surface area contributed by atoms with Crippen molar-refractivity contribution < 1.29 is 19.1 Å². The highest BCUT2D eigenvalue weighted by Crippen LogP contribution is 2.40. The smallest absolute Gasteiger partial charge is 0.322 e. The standard InChI is InChI=1S/C37H53N7O4Si2/c1-49(2,3)20-18-47-25-43(26-48-19-21-50(4,5)6)33-22-32(28-14-16-37(17-15-28)35(45)41-36(46)42-37)40-34-30(24-39-44(33)34)29-12-13-31(38-23-29)27-10-8-7-9-11-27/h7-11,13,22-24,28-29H,12,14-21,25-26H2,1-6H3,(H2,41,42,45,46). The molecule has 50 heavy (non-hydrogen) atoms. The Hall–Kier alpha value is -3.66. The highest BCUT2D eigenvalue weighted by atomic mass is 28.3. The monoisotopic (exact) mass is 715 g/mol. The molecule has 2 aromatic heterocycles. The first kappa shape index (κ1) is 36.1. The number of anilines is 1. The second-order valence-electron chi connectivity index (χ2n) is 16.5. The van der Waals surface area contributed by atoms with E-state index < -0.39 is 27.7 Å². The van der Waals surface area contributed by atoms with E-state index in [2.05, 4.69) is 79.1 Å². The van der Waals surface area contributed by atoms with Crippen LogP contribution in [0.2, 0.25) is 51.4 Å². The molecular weight excluding hydrogens is 663 g/mol. The Bertz CT molecular complexity index is 1720.